The molecule has 0 N–H and O–H groups in total. The van der Waals surface area contributed by atoms with Gasteiger partial charge in [-0.3, -0.25) is 9.69 Å². The van der Waals surface area contributed by atoms with Gasteiger partial charge in [-0.1, -0.05) is 19.0 Å². The molecule has 2 aliphatic rings. The van der Waals surface area contributed by atoms with Crippen molar-refractivity contribution in [3.05, 3.63) is 11.7 Å². The zero-order chi connectivity index (χ0) is 15.5. The number of amides is 1. The van der Waals surface area contributed by atoms with E-state index in [4.69, 9.17) is 4.52 Å². The first-order valence-electron chi connectivity index (χ1n) is 8.45. The maximum absolute atomic E-state index is 11.8. The third kappa shape index (κ3) is 3.66. The summed E-state index contributed by atoms with van der Waals surface area (Å²) in [5, 5.41) is 4.08. The van der Waals surface area contributed by atoms with Crippen LogP contribution in [0.4, 0.5) is 0 Å². The third-order valence-corrected chi connectivity index (χ3v) is 4.57. The van der Waals surface area contributed by atoms with Gasteiger partial charge in [0.1, 0.15) is 0 Å². The number of carbonyl (C=O) groups is 1. The van der Waals surface area contributed by atoms with Gasteiger partial charge in [-0.25, -0.2) is 0 Å². The molecule has 6 nitrogen and oxygen atoms in total. The molecule has 3 heterocycles. The summed E-state index contributed by atoms with van der Waals surface area (Å²) in [4.78, 5) is 20.7. The number of rotatable bonds is 5. The first-order valence-corrected chi connectivity index (χ1v) is 8.45. The van der Waals surface area contributed by atoms with Crippen LogP contribution in [0.25, 0.3) is 0 Å². The Labute approximate surface area is 131 Å². The summed E-state index contributed by atoms with van der Waals surface area (Å²) in [6.07, 6.45) is 4.72. The molecule has 122 valence electrons. The summed E-state index contributed by atoms with van der Waals surface area (Å²) in [6, 6.07) is 0.438. The van der Waals surface area contributed by atoms with Crippen LogP contribution in [0.1, 0.15) is 51.2 Å². The quantitative estimate of drug-likeness (QED) is 0.831. The number of carbonyl (C=O) groups excluding carboxylic acids is 1. The maximum atomic E-state index is 11.8. The average molecular weight is 306 g/mol. The Kier molecular flexibility index (Phi) is 4.76. The molecule has 2 fully saturated rings. The summed E-state index contributed by atoms with van der Waals surface area (Å²) in [5.41, 5.74) is 0. The SMILES string of the molecule is CC(C)Cc1nc(CN2CCC(N3CCCC3=O)CC2)no1. The van der Waals surface area contributed by atoms with Crippen molar-refractivity contribution in [2.45, 2.75) is 58.5 Å². The topological polar surface area (TPSA) is 62.5 Å². The molecule has 0 spiro atoms. The standard InChI is InChI=1S/C16H26N4O2/c1-12(2)10-15-17-14(18-22-15)11-19-8-5-13(6-9-19)20-7-3-4-16(20)21/h12-13H,3-11H2,1-2H3. The fourth-order valence-corrected chi connectivity index (χ4v) is 3.43. The van der Waals surface area contributed by atoms with Gasteiger partial charge in [0.05, 0.1) is 6.54 Å². The molecule has 2 saturated heterocycles. The lowest BCUT2D eigenvalue weighted by Crippen LogP contribution is -2.45. The number of piperidine rings is 1. The molecule has 22 heavy (non-hydrogen) atoms. The molecular formula is C16H26N4O2. The molecule has 3 rings (SSSR count). The van der Waals surface area contributed by atoms with Crippen molar-refractivity contribution in [3.8, 4) is 0 Å². The van der Waals surface area contributed by atoms with Crippen LogP contribution < -0.4 is 0 Å². The summed E-state index contributed by atoms with van der Waals surface area (Å²) < 4.78 is 5.29. The summed E-state index contributed by atoms with van der Waals surface area (Å²) in [7, 11) is 0. The molecule has 1 aromatic heterocycles. The largest absolute Gasteiger partial charge is 0.340 e. The summed E-state index contributed by atoms with van der Waals surface area (Å²) in [5.74, 6) is 2.39. The molecule has 1 aromatic rings. The smallest absolute Gasteiger partial charge is 0.226 e. The molecule has 6 heteroatoms. The first kappa shape index (κ1) is 15.5. The zero-order valence-electron chi connectivity index (χ0n) is 13.6. The van der Waals surface area contributed by atoms with Crippen LogP contribution in [0.2, 0.25) is 0 Å². The lowest BCUT2D eigenvalue weighted by molar-refractivity contribution is -0.130. The molecule has 2 aliphatic heterocycles. The van der Waals surface area contributed by atoms with Crippen LogP contribution in [0.3, 0.4) is 0 Å². The van der Waals surface area contributed by atoms with Crippen molar-refractivity contribution in [2.24, 2.45) is 5.92 Å². The van der Waals surface area contributed by atoms with E-state index in [1.165, 1.54) is 0 Å². The Morgan fingerprint density at radius 3 is 2.68 bits per heavy atom. The van der Waals surface area contributed by atoms with Crippen LogP contribution in [0.15, 0.2) is 4.52 Å². The number of aromatic nitrogens is 2. The minimum Gasteiger partial charge on any atom is -0.340 e. The van der Waals surface area contributed by atoms with Crippen molar-refractivity contribution in [3.63, 3.8) is 0 Å². The lowest BCUT2D eigenvalue weighted by atomic mass is 10.0. The van der Waals surface area contributed by atoms with Crippen molar-refractivity contribution >= 4 is 5.91 Å². The van der Waals surface area contributed by atoms with E-state index >= 15 is 0 Å². The van der Waals surface area contributed by atoms with E-state index in [2.05, 4.69) is 33.8 Å². The Morgan fingerprint density at radius 1 is 1.27 bits per heavy atom. The van der Waals surface area contributed by atoms with E-state index in [0.717, 1.165) is 70.0 Å². The van der Waals surface area contributed by atoms with E-state index in [9.17, 15) is 4.79 Å². The molecule has 0 radical (unpaired) electrons. The average Bonchev–Trinajstić information content (AvgIpc) is 3.08. The lowest BCUT2D eigenvalue weighted by Gasteiger charge is -2.36. The second-order valence-electron chi connectivity index (χ2n) is 6.90. The minimum absolute atomic E-state index is 0.343. The number of nitrogens with zero attached hydrogens (tertiary/aromatic N) is 4. The fourth-order valence-electron chi connectivity index (χ4n) is 3.43. The van der Waals surface area contributed by atoms with Gasteiger partial charge in [0.2, 0.25) is 11.8 Å². The Bertz CT molecular complexity index is 506. The van der Waals surface area contributed by atoms with E-state index in [1.54, 1.807) is 0 Å². The normalized spacial score (nSPS) is 21.2. The van der Waals surface area contributed by atoms with Crippen LogP contribution in [-0.4, -0.2) is 51.5 Å². The Balaban J connectivity index is 1.47. The fraction of sp³-hybridized carbons (Fsp3) is 0.812. The predicted octanol–water partition coefficient (Wildman–Crippen LogP) is 1.85. The first-order chi connectivity index (χ1) is 10.6. The van der Waals surface area contributed by atoms with E-state index < -0.39 is 0 Å². The van der Waals surface area contributed by atoms with Gasteiger partial charge in [0.15, 0.2) is 5.82 Å². The molecule has 0 bridgehead atoms. The highest BCUT2D eigenvalue weighted by atomic mass is 16.5. The second kappa shape index (κ2) is 6.77. The predicted molar refractivity (Wildman–Crippen MR) is 82.1 cm³/mol. The third-order valence-electron chi connectivity index (χ3n) is 4.57. The number of likely N-dealkylation sites (tertiary alicyclic amines) is 2. The van der Waals surface area contributed by atoms with Crippen molar-refractivity contribution in [2.75, 3.05) is 19.6 Å². The van der Waals surface area contributed by atoms with Crippen molar-refractivity contribution in [1.29, 1.82) is 0 Å². The van der Waals surface area contributed by atoms with Gasteiger partial charge in [-0.2, -0.15) is 4.98 Å². The van der Waals surface area contributed by atoms with E-state index in [1.807, 2.05) is 0 Å². The molecule has 0 saturated carbocycles. The number of hydrogen-bond acceptors (Lipinski definition) is 5. The molecule has 0 unspecified atom stereocenters. The highest BCUT2D eigenvalue weighted by molar-refractivity contribution is 5.78. The van der Waals surface area contributed by atoms with Crippen LogP contribution >= 0.6 is 0 Å². The molecule has 0 atom stereocenters. The molecular weight excluding hydrogens is 280 g/mol. The maximum Gasteiger partial charge on any atom is 0.226 e. The van der Waals surface area contributed by atoms with Crippen LogP contribution in [0.5, 0.6) is 0 Å². The highest BCUT2D eigenvalue weighted by Crippen LogP contribution is 2.22. The van der Waals surface area contributed by atoms with Crippen molar-refractivity contribution < 1.29 is 9.32 Å². The van der Waals surface area contributed by atoms with Gasteiger partial charge >= 0.3 is 0 Å². The molecule has 0 aromatic carbocycles. The minimum atomic E-state index is 0.343. The van der Waals surface area contributed by atoms with Gasteiger partial charge in [-0.05, 0) is 25.2 Å². The zero-order valence-corrected chi connectivity index (χ0v) is 13.6. The summed E-state index contributed by atoms with van der Waals surface area (Å²) in [6.45, 7) is 8.00. The van der Waals surface area contributed by atoms with E-state index in [-0.39, 0.29) is 0 Å². The van der Waals surface area contributed by atoms with Gasteiger partial charge in [0, 0.05) is 38.5 Å². The van der Waals surface area contributed by atoms with E-state index in [0.29, 0.717) is 17.9 Å². The van der Waals surface area contributed by atoms with Crippen LogP contribution in [-0.2, 0) is 17.8 Å². The molecule has 0 aliphatic carbocycles. The van der Waals surface area contributed by atoms with Gasteiger partial charge in [0.25, 0.3) is 0 Å². The van der Waals surface area contributed by atoms with Crippen molar-refractivity contribution in [1.82, 2.24) is 19.9 Å². The Hall–Kier alpha value is -1.43. The monoisotopic (exact) mass is 306 g/mol. The van der Waals surface area contributed by atoms with Gasteiger partial charge < -0.3 is 9.42 Å². The number of hydrogen-bond donors (Lipinski definition) is 0. The molecule has 1 amide bonds. The summed E-state index contributed by atoms with van der Waals surface area (Å²) >= 11 is 0. The Morgan fingerprint density at radius 2 is 2.05 bits per heavy atom. The highest BCUT2D eigenvalue weighted by Gasteiger charge is 2.30. The van der Waals surface area contributed by atoms with Gasteiger partial charge in [-0.15, -0.1) is 0 Å². The van der Waals surface area contributed by atoms with Crippen LogP contribution in [0, 0.1) is 5.92 Å². The second-order valence-corrected chi connectivity index (χ2v) is 6.90.